The topological polar surface area (TPSA) is 44.0 Å². The number of benzene rings is 1. The molecule has 0 spiro atoms. The lowest BCUT2D eigenvalue weighted by atomic mass is 10.2. The van der Waals surface area contributed by atoms with Crippen LogP contribution in [0, 0.1) is 0 Å². The summed E-state index contributed by atoms with van der Waals surface area (Å²) >= 11 is 3.50. The van der Waals surface area contributed by atoms with E-state index in [1.807, 2.05) is 18.3 Å². The Hall–Kier alpha value is -1.17. The van der Waals surface area contributed by atoms with Crippen molar-refractivity contribution >= 4 is 15.9 Å². The summed E-state index contributed by atoms with van der Waals surface area (Å²) in [4.78, 5) is 10.3. The van der Waals surface area contributed by atoms with Crippen LogP contribution in [0.15, 0.2) is 34.9 Å². The molecule has 2 aromatic rings. The minimum Gasteiger partial charge on any atom is -0.341 e. The molecule has 0 saturated carbocycles. The van der Waals surface area contributed by atoms with Crippen molar-refractivity contribution in [3.8, 4) is 11.3 Å². The van der Waals surface area contributed by atoms with Crippen LogP contribution in [-0.2, 0) is 0 Å². The number of piperazine rings is 1. The van der Waals surface area contributed by atoms with E-state index >= 15 is 0 Å². The fraction of sp³-hybridized carbons (Fsp3) is 0.357. The molecule has 5 heteroatoms. The zero-order chi connectivity index (χ0) is 13.2. The Morgan fingerprint density at radius 3 is 3.11 bits per heavy atom. The molecule has 0 aliphatic carbocycles. The predicted molar refractivity (Wildman–Crippen MR) is 80.0 cm³/mol. The molecule has 1 aromatic carbocycles. The molecule has 19 heavy (non-hydrogen) atoms. The normalized spacial score (nSPS) is 20.6. The first kappa shape index (κ1) is 12.8. The number of halogens is 1. The van der Waals surface area contributed by atoms with Gasteiger partial charge in [-0.3, -0.25) is 4.90 Å². The SMILES string of the molecule is CN1CCNCC1c1ncc(-c2cccc(Br)c2)[nH]1. The molecule has 0 bridgehead atoms. The van der Waals surface area contributed by atoms with Gasteiger partial charge in [0.1, 0.15) is 5.82 Å². The highest BCUT2D eigenvalue weighted by atomic mass is 79.9. The predicted octanol–water partition coefficient (Wildman–Crippen LogP) is 2.42. The summed E-state index contributed by atoms with van der Waals surface area (Å²) in [6.07, 6.45) is 1.92. The molecule has 2 heterocycles. The summed E-state index contributed by atoms with van der Waals surface area (Å²) < 4.78 is 1.08. The first-order valence-corrected chi connectivity index (χ1v) is 7.25. The third kappa shape index (κ3) is 2.73. The Balaban J connectivity index is 1.86. The van der Waals surface area contributed by atoms with Crippen LogP contribution >= 0.6 is 15.9 Å². The van der Waals surface area contributed by atoms with Gasteiger partial charge in [0.15, 0.2) is 0 Å². The summed E-state index contributed by atoms with van der Waals surface area (Å²) in [5.74, 6) is 1.03. The molecular formula is C14H17BrN4. The van der Waals surface area contributed by atoms with Gasteiger partial charge in [-0.15, -0.1) is 0 Å². The second-order valence-electron chi connectivity index (χ2n) is 4.89. The Bertz CT molecular complexity index is 566. The van der Waals surface area contributed by atoms with Gasteiger partial charge < -0.3 is 10.3 Å². The monoisotopic (exact) mass is 320 g/mol. The number of likely N-dealkylation sites (N-methyl/N-ethyl adjacent to an activating group) is 1. The fourth-order valence-electron chi connectivity index (χ4n) is 2.42. The van der Waals surface area contributed by atoms with Crippen molar-refractivity contribution in [3.05, 3.63) is 40.8 Å². The van der Waals surface area contributed by atoms with E-state index in [4.69, 9.17) is 0 Å². The zero-order valence-electron chi connectivity index (χ0n) is 10.9. The van der Waals surface area contributed by atoms with Crippen molar-refractivity contribution in [1.82, 2.24) is 20.2 Å². The van der Waals surface area contributed by atoms with Crippen LogP contribution < -0.4 is 5.32 Å². The highest BCUT2D eigenvalue weighted by Gasteiger charge is 2.22. The number of aromatic amines is 1. The number of hydrogen-bond donors (Lipinski definition) is 2. The maximum absolute atomic E-state index is 4.54. The van der Waals surface area contributed by atoms with Gasteiger partial charge in [-0.05, 0) is 19.2 Å². The van der Waals surface area contributed by atoms with Crippen LogP contribution in [-0.4, -0.2) is 41.5 Å². The van der Waals surface area contributed by atoms with E-state index in [-0.39, 0.29) is 0 Å². The number of aromatic nitrogens is 2. The van der Waals surface area contributed by atoms with Crippen molar-refractivity contribution < 1.29 is 0 Å². The van der Waals surface area contributed by atoms with E-state index in [1.165, 1.54) is 0 Å². The zero-order valence-corrected chi connectivity index (χ0v) is 12.4. The van der Waals surface area contributed by atoms with E-state index < -0.39 is 0 Å². The van der Waals surface area contributed by atoms with E-state index in [0.717, 1.165) is 41.2 Å². The maximum atomic E-state index is 4.54. The smallest absolute Gasteiger partial charge is 0.125 e. The van der Waals surface area contributed by atoms with Crippen LogP contribution in [0.4, 0.5) is 0 Å². The molecule has 1 aliphatic rings. The summed E-state index contributed by atoms with van der Waals surface area (Å²) in [5, 5.41) is 3.41. The van der Waals surface area contributed by atoms with Crippen LogP contribution in [0.2, 0.25) is 0 Å². The quantitative estimate of drug-likeness (QED) is 0.893. The van der Waals surface area contributed by atoms with Gasteiger partial charge in [0.2, 0.25) is 0 Å². The summed E-state index contributed by atoms with van der Waals surface area (Å²) in [6.45, 7) is 3.05. The van der Waals surface area contributed by atoms with Crippen molar-refractivity contribution in [1.29, 1.82) is 0 Å². The first-order valence-electron chi connectivity index (χ1n) is 6.46. The molecular weight excluding hydrogens is 304 g/mol. The third-order valence-corrected chi connectivity index (χ3v) is 4.05. The minimum atomic E-state index is 0.328. The summed E-state index contributed by atoms with van der Waals surface area (Å²) in [5.41, 5.74) is 2.22. The number of hydrogen-bond acceptors (Lipinski definition) is 3. The standard InChI is InChI=1S/C14H17BrN4/c1-19-6-5-16-9-13(19)14-17-8-12(18-14)10-3-2-4-11(15)7-10/h2-4,7-8,13,16H,5-6,9H2,1H3,(H,17,18). The number of nitrogens with zero attached hydrogens (tertiary/aromatic N) is 2. The molecule has 0 amide bonds. The number of rotatable bonds is 2. The third-order valence-electron chi connectivity index (χ3n) is 3.56. The van der Waals surface area contributed by atoms with Crippen LogP contribution in [0.3, 0.4) is 0 Å². The average molecular weight is 321 g/mol. The lowest BCUT2D eigenvalue weighted by molar-refractivity contribution is 0.195. The Labute approximate surface area is 121 Å². The van der Waals surface area contributed by atoms with Crippen LogP contribution in [0.5, 0.6) is 0 Å². The van der Waals surface area contributed by atoms with Crippen LogP contribution in [0.1, 0.15) is 11.9 Å². The first-order chi connectivity index (χ1) is 9.24. The number of H-pyrrole nitrogens is 1. The van der Waals surface area contributed by atoms with Crippen molar-refractivity contribution in [2.45, 2.75) is 6.04 Å². The molecule has 1 unspecified atom stereocenters. The van der Waals surface area contributed by atoms with Crippen molar-refractivity contribution in [2.24, 2.45) is 0 Å². The van der Waals surface area contributed by atoms with Crippen molar-refractivity contribution in [2.75, 3.05) is 26.7 Å². The lowest BCUT2D eigenvalue weighted by Gasteiger charge is -2.31. The lowest BCUT2D eigenvalue weighted by Crippen LogP contribution is -2.44. The van der Waals surface area contributed by atoms with Crippen LogP contribution in [0.25, 0.3) is 11.3 Å². The molecule has 0 radical (unpaired) electrons. The molecule has 3 rings (SSSR count). The summed E-state index contributed by atoms with van der Waals surface area (Å²) in [7, 11) is 2.15. The molecule has 2 N–H and O–H groups in total. The Morgan fingerprint density at radius 1 is 1.42 bits per heavy atom. The van der Waals surface area contributed by atoms with E-state index in [0.29, 0.717) is 6.04 Å². The summed E-state index contributed by atoms with van der Waals surface area (Å²) in [6, 6.07) is 8.58. The Morgan fingerprint density at radius 2 is 2.32 bits per heavy atom. The average Bonchev–Trinajstić information content (AvgIpc) is 2.89. The van der Waals surface area contributed by atoms with E-state index in [9.17, 15) is 0 Å². The van der Waals surface area contributed by atoms with Gasteiger partial charge >= 0.3 is 0 Å². The Kier molecular flexibility index (Phi) is 3.68. The van der Waals surface area contributed by atoms with Gasteiger partial charge in [-0.2, -0.15) is 0 Å². The van der Waals surface area contributed by atoms with E-state index in [2.05, 4.69) is 55.3 Å². The molecule has 1 saturated heterocycles. The number of imidazole rings is 1. The highest BCUT2D eigenvalue weighted by molar-refractivity contribution is 9.10. The second kappa shape index (κ2) is 5.45. The molecule has 4 nitrogen and oxygen atoms in total. The maximum Gasteiger partial charge on any atom is 0.125 e. The minimum absolute atomic E-state index is 0.328. The molecule has 1 atom stereocenters. The van der Waals surface area contributed by atoms with Gasteiger partial charge in [-0.1, -0.05) is 28.1 Å². The highest BCUT2D eigenvalue weighted by Crippen LogP contribution is 2.24. The number of nitrogens with one attached hydrogen (secondary N) is 2. The molecule has 1 aromatic heterocycles. The fourth-order valence-corrected chi connectivity index (χ4v) is 2.82. The van der Waals surface area contributed by atoms with Gasteiger partial charge in [0, 0.05) is 29.7 Å². The van der Waals surface area contributed by atoms with Gasteiger partial charge in [-0.25, -0.2) is 4.98 Å². The van der Waals surface area contributed by atoms with Crippen molar-refractivity contribution in [3.63, 3.8) is 0 Å². The largest absolute Gasteiger partial charge is 0.341 e. The van der Waals surface area contributed by atoms with Gasteiger partial charge in [0.05, 0.1) is 17.9 Å². The van der Waals surface area contributed by atoms with E-state index in [1.54, 1.807) is 0 Å². The molecule has 1 fully saturated rings. The molecule has 1 aliphatic heterocycles. The molecule has 100 valence electrons. The second-order valence-corrected chi connectivity index (χ2v) is 5.81. The van der Waals surface area contributed by atoms with Gasteiger partial charge in [0.25, 0.3) is 0 Å².